The molecule has 1 aliphatic heterocycles. The van der Waals surface area contributed by atoms with E-state index in [9.17, 15) is 0 Å². The molecule has 0 amide bonds. The highest BCUT2D eigenvalue weighted by Crippen LogP contribution is 2.24. The Morgan fingerprint density at radius 3 is 3.05 bits per heavy atom. The average molecular weight is 284 g/mol. The van der Waals surface area contributed by atoms with Crippen LogP contribution in [0.2, 0.25) is 0 Å². The van der Waals surface area contributed by atoms with Gasteiger partial charge in [0.05, 0.1) is 19.0 Å². The van der Waals surface area contributed by atoms with Crippen LogP contribution in [0.4, 0.5) is 5.82 Å². The van der Waals surface area contributed by atoms with Crippen LogP contribution in [-0.4, -0.2) is 35.0 Å². The van der Waals surface area contributed by atoms with Crippen LogP contribution in [0.5, 0.6) is 5.88 Å². The standard InChI is InChI=1S/C14H22ClN3O/c1-2-8-19-14-11-16-10-13(17-14)18-7-5-3-4-6-12(18)9-15/h10-12H,2-9H2,1H3. The van der Waals surface area contributed by atoms with E-state index in [1.54, 1.807) is 6.20 Å². The van der Waals surface area contributed by atoms with Crippen molar-refractivity contribution in [1.29, 1.82) is 0 Å². The van der Waals surface area contributed by atoms with Crippen molar-refractivity contribution in [2.24, 2.45) is 0 Å². The molecule has 5 heteroatoms. The maximum absolute atomic E-state index is 6.10. The summed E-state index contributed by atoms with van der Waals surface area (Å²) in [6.45, 7) is 3.76. The molecule has 106 valence electrons. The van der Waals surface area contributed by atoms with Crippen molar-refractivity contribution in [1.82, 2.24) is 9.97 Å². The Hall–Kier alpha value is -1.03. The van der Waals surface area contributed by atoms with Crippen LogP contribution >= 0.6 is 11.6 Å². The molecule has 0 aliphatic carbocycles. The average Bonchev–Trinajstić information content (AvgIpc) is 2.70. The molecule has 2 rings (SSSR count). The van der Waals surface area contributed by atoms with Crippen molar-refractivity contribution in [2.45, 2.75) is 45.1 Å². The zero-order chi connectivity index (χ0) is 13.5. The van der Waals surface area contributed by atoms with Crippen LogP contribution in [0.25, 0.3) is 0 Å². The maximum atomic E-state index is 6.10. The van der Waals surface area contributed by atoms with Crippen molar-refractivity contribution in [3.8, 4) is 5.88 Å². The predicted octanol–water partition coefficient (Wildman–Crippen LogP) is 3.25. The molecule has 4 nitrogen and oxygen atoms in total. The first-order chi connectivity index (χ1) is 9.35. The van der Waals surface area contributed by atoms with E-state index in [1.807, 2.05) is 6.20 Å². The Morgan fingerprint density at radius 2 is 2.26 bits per heavy atom. The van der Waals surface area contributed by atoms with E-state index in [2.05, 4.69) is 21.8 Å². The van der Waals surface area contributed by atoms with Gasteiger partial charge in [0, 0.05) is 18.5 Å². The van der Waals surface area contributed by atoms with E-state index in [-0.39, 0.29) is 0 Å². The Labute approximate surface area is 120 Å². The number of hydrogen-bond donors (Lipinski definition) is 0. The van der Waals surface area contributed by atoms with Crippen LogP contribution in [0, 0.1) is 0 Å². The van der Waals surface area contributed by atoms with Gasteiger partial charge in [-0.1, -0.05) is 19.8 Å². The number of ether oxygens (including phenoxy) is 1. The zero-order valence-electron chi connectivity index (χ0n) is 11.5. The lowest BCUT2D eigenvalue weighted by Crippen LogP contribution is -2.36. The Bertz CT molecular complexity index is 389. The summed E-state index contributed by atoms with van der Waals surface area (Å²) in [7, 11) is 0. The van der Waals surface area contributed by atoms with Gasteiger partial charge in [0.2, 0.25) is 5.88 Å². The van der Waals surface area contributed by atoms with Gasteiger partial charge in [-0.2, -0.15) is 4.98 Å². The fourth-order valence-corrected chi connectivity index (χ4v) is 2.71. The highest BCUT2D eigenvalue weighted by Gasteiger charge is 2.22. The molecular formula is C14H22ClN3O. The highest BCUT2D eigenvalue weighted by molar-refractivity contribution is 6.18. The second kappa shape index (κ2) is 7.53. The molecular weight excluding hydrogens is 262 g/mol. The lowest BCUT2D eigenvalue weighted by Gasteiger charge is -2.29. The SMILES string of the molecule is CCCOc1cncc(N2CCCCCC2CCl)n1. The van der Waals surface area contributed by atoms with Gasteiger partial charge in [-0.15, -0.1) is 11.6 Å². The number of nitrogens with zero attached hydrogens (tertiary/aromatic N) is 3. The first kappa shape index (κ1) is 14.4. The summed E-state index contributed by atoms with van der Waals surface area (Å²) in [5.74, 6) is 2.14. The van der Waals surface area contributed by atoms with Gasteiger partial charge in [0.15, 0.2) is 5.82 Å². The molecule has 0 spiro atoms. The third-order valence-electron chi connectivity index (χ3n) is 3.40. The predicted molar refractivity (Wildman–Crippen MR) is 78.1 cm³/mol. The van der Waals surface area contributed by atoms with Crippen molar-refractivity contribution >= 4 is 17.4 Å². The molecule has 2 heterocycles. The summed E-state index contributed by atoms with van der Waals surface area (Å²) in [5, 5.41) is 0. The number of halogens is 1. The summed E-state index contributed by atoms with van der Waals surface area (Å²) >= 11 is 6.10. The second-order valence-corrected chi connectivity index (χ2v) is 5.22. The molecule has 1 aliphatic rings. The monoisotopic (exact) mass is 283 g/mol. The first-order valence-corrected chi connectivity index (χ1v) is 7.66. The molecule has 0 saturated carbocycles. The molecule has 0 radical (unpaired) electrons. The van der Waals surface area contributed by atoms with E-state index in [0.29, 0.717) is 24.4 Å². The molecule has 1 fully saturated rings. The van der Waals surface area contributed by atoms with Crippen LogP contribution < -0.4 is 9.64 Å². The van der Waals surface area contributed by atoms with Gasteiger partial charge in [0.25, 0.3) is 0 Å². The summed E-state index contributed by atoms with van der Waals surface area (Å²) < 4.78 is 5.55. The van der Waals surface area contributed by atoms with Crippen molar-refractivity contribution in [2.75, 3.05) is 23.9 Å². The molecule has 0 bridgehead atoms. The van der Waals surface area contributed by atoms with Gasteiger partial charge in [-0.05, 0) is 19.3 Å². The Morgan fingerprint density at radius 1 is 1.37 bits per heavy atom. The first-order valence-electron chi connectivity index (χ1n) is 7.12. The quantitative estimate of drug-likeness (QED) is 0.778. The number of aromatic nitrogens is 2. The molecule has 0 aromatic carbocycles. The van der Waals surface area contributed by atoms with E-state index >= 15 is 0 Å². The number of alkyl halides is 1. The van der Waals surface area contributed by atoms with Crippen molar-refractivity contribution in [3.63, 3.8) is 0 Å². The van der Waals surface area contributed by atoms with E-state index in [0.717, 1.165) is 25.2 Å². The van der Waals surface area contributed by atoms with Gasteiger partial charge in [0.1, 0.15) is 0 Å². The smallest absolute Gasteiger partial charge is 0.234 e. The maximum Gasteiger partial charge on any atom is 0.234 e. The zero-order valence-corrected chi connectivity index (χ0v) is 12.3. The summed E-state index contributed by atoms with van der Waals surface area (Å²) in [4.78, 5) is 11.1. The second-order valence-electron chi connectivity index (χ2n) is 4.91. The fourth-order valence-electron chi connectivity index (χ4n) is 2.39. The lowest BCUT2D eigenvalue weighted by molar-refractivity contribution is 0.304. The molecule has 1 aromatic rings. The molecule has 1 saturated heterocycles. The third kappa shape index (κ3) is 3.96. The third-order valence-corrected chi connectivity index (χ3v) is 3.76. The largest absolute Gasteiger partial charge is 0.477 e. The fraction of sp³-hybridized carbons (Fsp3) is 0.714. The van der Waals surface area contributed by atoms with Crippen molar-refractivity contribution in [3.05, 3.63) is 12.4 Å². The van der Waals surface area contributed by atoms with E-state index < -0.39 is 0 Å². The van der Waals surface area contributed by atoms with E-state index in [1.165, 1.54) is 19.3 Å². The van der Waals surface area contributed by atoms with Gasteiger partial charge >= 0.3 is 0 Å². The van der Waals surface area contributed by atoms with Crippen LogP contribution in [-0.2, 0) is 0 Å². The summed E-state index contributed by atoms with van der Waals surface area (Å²) in [6, 6.07) is 0.361. The van der Waals surface area contributed by atoms with Crippen molar-refractivity contribution < 1.29 is 4.74 Å². The van der Waals surface area contributed by atoms with Crippen LogP contribution in [0.3, 0.4) is 0 Å². The molecule has 1 aromatic heterocycles. The number of rotatable bonds is 5. The normalized spacial score (nSPS) is 20.1. The number of hydrogen-bond acceptors (Lipinski definition) is 4. The minimum Gasteiger partial charge on any atom is -0.477 e. The van der Waals surface area contributed by atoms with Crippen LogP contribution in [0.1, 0.15) is 39.0 Å². The van der Waals surface area contributed by atoms with Crippen LogP contribution in [0.15, 0.2) is 12.4 Å². The van der Waals surface area contributed by atoms with E-state index in [4.69, 9.17) is 16.3 Å². The summed E-state index contributed by atoms with van der Waals surface area (Å²) in [6.07, 6.45) is 9.29. The summed E-state index contributed by atoms with van der Waals surface area (Å²) in [5.41, 5.74) is 0. The highest BCUT2D eigenvalue weighted by atomic mass is 35.5. The molecule has 0 N–H and O–H groups in total. The van der Waals surface area contributed by atoms with Gasteiger partial charge in [-0.25, -0.2) is 0 Å². The molecule has 19 heavy (non-hydrogen) atoms. The number of anilines is 1. The Balaban J connectivity index is 2.13. The minimum absolute atomic E-state index is 0.361. The minimum atomic E-state index is 0.361. The van der Waals surface area contributed by atoms with Gasteiger partial charge in [-0.3, -0.25) is 4.98 Å². The molecule has 1 unspecified atom stereocenters. The van der Waals surface area contributed by atoms with Gasteiger partial charge < -0.3 is 9.64 Å². The molecule has 1 atom stereocenters. The topological polar surface area (TPSA) is 38.2 Å². The Kier molecular flexibility index (Phi) is 5.70. The lowest BCUT2D eigenvalue weighted by atomic mass is 10.1.